The van der Waals surface area contributed by atoms with Crippen LogP contribution in [0.2, 0.25) is 0 Å². The molecule has 0 radical (unpaired) electrons. The zero-order chi connectivity index (χ0) is 31.3. The van der Waals surface area contributed by atoms with E-state index in [1.807, 2.05) is 31.2 Å². The van der Waals surface area contributed by atoms with Crippen molar-refractivity contribution in [2.45, 2.75) is 64.3 Å². The Hall–Kier alpha value is -4.15. The number of hydrogen-bond acceptors (Lipinski definition) is 5. The highest BCUT2D eigenvalue weighted by molar-refractivity contribution is 6.01. The molecule has 1 fully saturated rings. The van der Waals surface area contributed by atoms with Crippen molar-refractivity contribution in [1.82, 2.24) is 9.80 Å². The van der Waals surface area contributed by atoms with Crippen molar-refractivity contribution in [3.8, 4) is 0 Å². The van der Waals surface area contributed by atoms with Gasteiger partial charge in [0.05, 0.1) is 6.10 Å². The molecule has 228 valence electrons. The second kappa shape index (κ2) is 13.9. The lowest BCUT2D eigenvalue weighted by molar-refractivity contribution is -0.121. The van der Waals surface area contributed by atoms with Gasteiger partial charge in [-0.05, 0) is 85.2 Å². The third-order valence-electron chi connectivity index (χ3n) is 7.77. The molecule has 1 saturated heterocycles. The molecule has 1 heterocycles. The monoisotopic (exact) mass is 592 g/mol. The van der Waals surface area contributed by atoms with Crippen LogP contribution in [0.4, 0.5) is 8.78 Å². The van der Waals surface area contributed by atoms with Gasteiger partial charge in [0.15, 0.2) is 0 Å². The summed E-state index contributed by atoms with van der Waals surface area (Å²) in [6.07, 6.45) is 0.705. The summed E-state index contributed by atoms with van der Waals surface area (Å²) < 4.78 is 27.4. The topological polar surface area (TPSA) is 130 Å². The summed E-state index contributed by atoms with van der Waals surface area (Å²) >= 11 is 0. The van der Waals surface area contributed by atoms with Crippen LogP contribution in [-0.4, -0.2) is 63.9 Å². The van der Waals surface area contributed by atoms with Gasteiger partial charge in [-0.25, -0.2) is 8.78 Å². The van der Waals surface area contributed by atoms with E-state index in [1.165, 1.54) is 15.9 Å². The Bertz CT molecular complexity index is 1480. The lowest BCUT2D eigenvalue weighted by Crippen LogP contribution is -2.46. The molecule has 43 heavy (non-hydrogen) atoms. The minimum Gasteiger partial charge on any atom is -0.390 e. The van der Waals surface area contributed by atoms with Gasteiger partial charge in [-0.3, -0.25) is 14.4 Å². The highest BCUT2D eigenvalue weighted by atomic mass is 19.1. The Labute approximate surface area is 250 Å². The van der Waals surface area contributed by atoms with Crippen molar-refractivity contribution in [1.29, 1.82) is 0 Å². The smallest absolute Gasteiger partial charge is 0.254 e. The van der Waals surface area contributed by atoms with Gasteiger partial charge in [0.25, 0.3) is 11.8 Å². The summed E-state index contributed by atoms with van der Waals surface area (Å²) in [7, 11) is 0. The number of benzene rings is 3. The van der Waals surface area contributed by atoms with Gasteiger partial charge in [0, 0.05) is 42.9 Å². The molecule has 0 aromatic heterocycles. The third-order valence-corrected chi connectivity index (χ3v) is 7.77. The molecule has 1 aliphatic rings. The maximum atomic E-state index is 14.0. The summed E-state index contributed by atoms with van der Waals surface area (Å²) in [6, 6.07) is 14.0. The van der Waals surface area contributed by atoms with Crippen molar-refractivity contribution in [3.63, 3.8) is 0 Å². The van der Waals surface area contributed by atoms with Gasteiger partial charge in [0.1, 0.15) is 17.7 Å². The number of aryl methyl sites for hydroxylation is 2. The first-order valence-electron chi connectivity index (χ1n) is 14.4. The molecule has 3 atom stereocenters. The van der Waals surface area contributed by atoms with Crippen LogP contribution >= 0.6 is 0 Å². The molecular formula is C33H38F2N4O4. The molecule has 1 aliphatic heterocycles. The summed E-state index contributed by atoms with van der Waals surface area (Å²) in [5.74, 6) is -2.88. The van der Waals surface area contributed by atoms with Crippen LogP contribution in [0.15, 0.2) is 60.7 Å². The molecule has 0 bridgehead atoms. The fourth-order valence-electron chi connectivity index (χ4n) is 5.57. The normalized spacial score (nSPS) is 16.1. The molecule has 3 amide bonds. The minimum absolute atomic E-state index is 0.0108. The number of nitrogens with zero attached hydrogens (tertiary/aromatic N) is 2. The van der Waals surface area contributed by atoms with E-state index in [0.29, 0.717) is 24.9 Å². The van der Waals surface area contributed by atoms with Crippen molar-refractivity contribution in [2.24, 2.45) is 11.5 Å². The fourth-order valence-corrected chi connectivity index (χ4v) is 5.57. The number of halogens is 2. The molecule has 0 spiro atoms. The predicted molar refractivity (Wildman–Crippen MR) is 159 cm³/mol. The van der Waals surface area contributed by atoms with Crippen LogP contribution in [0.5, 0.6) is 0 Å². The molecule has 4 rings (SSSR count). The molecule has 10 heteroatoms. The zero-order valence-electron chi connectivity index (χ0n) is 24.4. The first-order chi connectivity index (χ1) is 20.4. The lowest BCUT2D eigenvalue weighted by Gasteiger charge is -2.29. The van der Waals surface area contributed by atoms with E-state index in [0.717, 1.165) is 35.7 Å². The van der Waals surface area contributed by atoms with E-state index in [2.05, 4.69) is 0 Å². The Morgan fingerprint density at radius 3 is 2.35 bits per heavy atom. The molecule has 0 unspecified atom stereocenters. The number of likely N-dealkylation sites (tertiary alicyclic amines) is 1. The summed E-state index contributed by atoms with van der Waals surface area (Å²) in [6.45, 7) is 4.16. The Kier molecular flexibility index (Phi) is 10.3. The number of primary amides is 1. The SMILES string of the molecule is CCc1cccc(CN(C[C@@H](O)[C@@H](N)Cc2cc(F)cc(F)c2)C(=O)c2cc(C)cc(C(=O)N3CCC[C@H]3C(N)=O)c2)c1. The number of aliphatic hydroxyl groups excluding tert-OH is 1. The van der Waals surface area contributed by atoms with E-state index in [-0.39, 0.29) is 42.1 Å². The second-order valence-electron chi connectivity index (χ2n) is 11.2. The standard InChI is InChI=1S/C33H38F2N4O4/c1-3-21-6-4-7-22(12-21)18-38(19-30(40)28(36)15-23-13-26(34)17-27(35)14-23)32(42)24-10-20(2)11-25(16-24)33(43)39-9-5-8-29(39)31(37)41/h4,6-7,10-14,16-17,28-30,40H,3,5,8-9,15,18-19,36H2,1-2H3,(H2,37,41)/t28-,29-,30+/m0/s1. The number of carbonyl (C=O) groups excluding carboxylic acids is 3. The van der Waals surface area contributed by atoms with Gasteiger partial charge >= 0.3 is 0 Å². The van der Waals surface area contributed by atoms with Crippen LogP contribution in [-0.2, 0) is 24.2 Å². The first-order valence-corrected chi connectivity index (χ1v) is 14.4. The first kappa shape index (κ1) is 31.8. The molecular weight excluding hydrogens is 554 g/mol. The Morgan fingerprint density at radius 1 is 1.00 bits per heavy atom. The number of carbonyl (C=O) groups is 3. The average Bonchev–Trinajstić information content (AvgIpc) is 3.46. The van der Waals surface area contributed by atoms with Gasteiger partial charge < -0.3 is 26.4 Å². The maximum absolute atomic E-state index is 14.0. The van der Waals surface area contributed by atoms with Crippen molar-refractivity contribution in [3.05, 3.63) is 106 Å². The largest absolute Gasteiger partial charge is 0.390 e. The van der Waals surface area contributed by atoms with Crippen LogP contribution in [0, 0.1) is 18.6 Å². The highest BCUT2D eigenvalue weighted by Crippen LogP contribution is 2.23. The number of amides is 3. The zero-order valence-corrected chi connectivity index (χ0v) is 24.4. The van der Waals surface area contributed by atoms with E-state index in [9.17, 15) is 28.3 Å². The van der Waals surface area contributed by atoms with Crippen molar-refractivity contribution in [2.75, 3.05) is 13.1 Å². The van der Waals surface area contributed by atoms with Gasteiger partial charge in [-0.15, -0.1) is 0 Å². The lowest BCUT2D eigenvalue weighted by atomic mass is 10.00. The molecule has 0 saturated carbocycles. The molecule has 3 aromatic rings. The van der Waals surface area contributed by atoms with E-state index in [4.69, 9.17) is 11.5 Å². The van der Waals surface area contributed by atoms with Crippen LogP contribution in [0.3, 0.4) is 0 Å². The van der Waals surface area contributed by atoms with E-state index < -0.39 is 41.6 Å². The van der Waals surface area contributed by atoms with Crippen molar-refractivity contribution < 1.29 is 28.3 Å². The molecule has 0 aliphatic carbocycles. The fraction of sp³-hybridized carbons (Fsp3) is 0.364. The number of nitrogens with two attached hydrogens (primary N) is 2. The van der Waals surface area contributed by atoms with Crippen molar-refractivity contribution >= 4 is 17.7 Å². The Balaban J connectivity index is 1.61. The maximum Gasteiger partial charge on any atom is 0.254 e. The highest BCUT2D eigenvalue weighted by Gasteiger charge is 2.34. The minimum atomic E-state index is -1.23. The number of hydrogen-bond donors (Lipinski definition) is 3. The van der Waals surface area contributed by atoms with Gasteiger partial charge in [-0.1, -0.05) is 31.2 Å². The summed E-state index contributed by atoms with van der Waals surface area (Å²) in [5.41, 5.74) is 15.1. The average molecular weight is 593 g/mol. The molecule has 3 aromatic carbocycles. The number of aliphatic hydroxyl groups is 1. The molecule has 5 N–H and O–H groups in total. The van der Waals surface area contributed by atoms with Gasteiger partial charge in [-0.2, -0.15) is 0 Å². The third kappa shape index (κ3) is 8.03. The summed E-state index contributed by atoms with van der Waals surface area (Å²) in [4.78, 5) is 42.2. The second-order valence-corrected chi connectivity index (χ2v) is 11.2. The molecule has 8 nitrogen and oxygen atoms in total. The predicted octanol–water partition coefficient (Wildman–Crippen LogP) is 3.50. The van der Waals surface area contributed by atoms with Gasteiger partial charge in [0.2, 0.25) is 5.91 Å². The van der Waals surface area contributed by atoms with E-state index in [1.54, 1.807) is 19.1 Å². The summed E-state index contributed by atoms with van der Waals surface area (Å²) in [5, 5.41) is 11.1. The Morgan fingerprint density at radius 2 is 1.67 bits per heavy atom. The van der Waals surface area contributed by atoms with Crippen LogP contribution in [0.1, 0.15) is 62.7 Å². The van der Waals surface area contributed by atoms with Crippen LogP contribution < -0.4 is 11.5 Å². The quantitative estimate of drug-likeness (QED) is 0.314. The number of rotatable bonds is 11. The van der Waals surface area contributed by atoms with Crippen LogP contribution in [0.25, 0.3) is 0 Å². The van der Waals surface area contributed by atoms with E-state index >= 15 is 0 Å².